The van der Waals surface area contributed by atoms with Gasteiger partial charge >= 0.3 is 0 Å². The van der Waals surface area contributed by atoms with Crippen molar-refractivity contribution in [3.63, 3.8) is 0 Å². The van der Waals surface area contributed by atoms with Crippen LogP contribution in [-0.2, 0) is 0 Å². The molecule has 1 aromatic carbocycles. The molecule has 1 N–H and O–H groups in total. The van der Waals surface area contributed by atoms with Crippen LogP contribution in [0.15, 0.2) is 36.7 Å². The Labute approximate surface area is 190 Å². The Morgan fingerprint density at radius 3 is 2.61 bits per heavy atom. The van der Waals surface area contributed by atoms with Crippen molar-refractivity contribution in [2.24, 2.45) is 5.92 Å². The van der Waals surface area contributed by atoms with Gasteiger partial charge in [0.15, 0.2) is 17.4 Å². The quantitative estimate of drug-likeness (QED) is 0.544. The third-order valence-corrected chi connectivity index (χ3v) is 6.13. The molecule has 2 fully saturated rings. The number of anilines is 2. The molecule has 2 aliphatic rings. The molecule has 9 heteroatoms. The second-order valence-corrected chi connectivity index (χ2v) is 8.28. The second kappa shape index (κ2) is 8.93. The molecule has 1 saturated heterocycles. The number of nitrogens with zero attached hydrogens (tertiary/aromatic N) is 4. The van der Waals surface area contributed by atoms with E-state index in [1.807, 2.05) is 6.07 Å². The number of carbonyl (C=O) groups is 1. The zero-order valence-corrected chi connectivity index (χ0v) is 18.3. The number of fused-ring (bicyclic) bond motifs is 1. The van der Waals surface area contributed by atoms with E-state index in [4.69, 9.17) is 21.6 Å². The van der Waals surface area contributed by atoms with E-state index in [2.05, 4.69) is 15.2 Å². The summed E-state index contributed by atoms with van der Waals surface area (Å²) in [6.07, 6.45) is 7.02. The van der Waals surface area contributed by atoms with Crippen molar-refractivity contribution in [1.29, 1.82) is 0 Å². The van der Waals surface area contributed by atoms with E-state index in [-0.39, 0.29) is 34.7 Å². The van der Waals surface area contributed by atoms with Gasteiger partial charge in [-0.25, -0.2) is 14.4 Å². The normalized spacial score (nSPS) is 16.8. The molecule has 5 rings (SSSR count). The summed E-state index contributed by atoms with van der Waals surface area (Å²) in [7, 11) is 0. The Kier molecular flexibility index (Phi) is 6.25. The van der Waals surface area contributed by atoms with Crippen molar-refractivity contribution in [3.8, 4) is 0 Å². The van der Waals surface area contributed by atoms with Crippen molar-refractivity contribution in [2.75, 3.05) is 23.3 Å². The first-order valence-corrected chi connectivity index (χ1v) is 10.6. The highest BCUT2D eigenvalue weighted by Gasteiger charge is 2.30. The van der Waals surface area contributed by atoms with Crippen LogP contribution in [0.1, 0.15) is 36.0 Å². The van der Waals surface area contributed by atoms with Crippen LogP contribution in [0.3, 0.4) is 0 Å². The maximum Gasteiger partial charge on any atom is 0.172 e. The molecular weight excluding hydrogens is 440 g/mol. The Bertz CT molecular complexity index is 1120. The monoisotopic (exact) mass is 461 g/mol. The van der Waals surface area contributed by atoms with Gasteiger partial charge in [-0.15, -0.1) is 12.4 Å². The Balaban J connectivity index is 0.00000231. The Morgan fingerprint density at radius 1 is 1.10 bits per heavy atom. The largest absolute Gasteiger partial charge is 0.364 e. The van der Waals surface area contributed by atoms with Gasteiger partial charge in [-0.2, -0.15) is 0 Å². The maximum absolute atomic E-state index is 13.8. The molecule has 0 bridgehead atoms. The number of benzene rings is 1. The van der Waals surface area contributed by atoms with Crippen molar-refractivity contribution in [1.82, 2.24) is 15.0 Å². The van der Waals surface area contributed by atoms with Crippen LogP contribution in [-0.4, -0.2) is 39.9 Å². The van der Waals surface area contributed by atoms with Gasteiger partial charge in [-0.05, 0) is 43.9 Å². The van der Waals surface area contributed by atoms with E-state index in [1.165, 1.54) is 12.1 Å². The van der Waals surface area contributed by atoms with Crippen molar-refractivity contribution in [2.45, 2.75) is 31.7 Å². The maximum atomic E-state index is 13.8. The zero-order chi connectivity index (χ0) is 20.7. The molecule has 0 unspecified atom stereocenters. The molecular formula is C22H22Cl2FN5O. The highest BCUT2D eigenvalue weighted by atomic mass is 35.5. The summed E-state index contributed by atoms with van der Waals surface area (Å²) in [4.78, 5) is 28.8. The number of halogens is 3. The molecule has 1 aliphatic heterocycles. The highest BCUT2D eigenvalue weighted by Crippen LogP contribution is 2.34. The van der Waals surface area contributed by atoms with Crippen LogP contribution in [0.4, 0.5) is 16.0 Å². The summed E-state index contributed by atoms with van der Waals surface area (Å²) in [6.45, 7) is 1.34. The standard InChI is InChI=1S/C22H21ClFN5O.ClH/c23-19-15(2-1-3-16(19)24)20(30)13-7-10-29(11-8-13)22-21(26-14-4-5-14)27-17-6-9-25-12-18(17)28-22;/h1-3,6,9,12-14H,4-5,7-8,10-11H2,(H,26,27);1H. The van der Waals surface area contributed by atoms with E-state index in [0.29, 0.717) is 32.0 Å². The first-order valence-electron chi connectivity index (χ1n) is 10.2. The van der Waals surface area contributed by atoms with Gasteiger partial charge in [0.25, 0.3) is 0 Å². The summed E-state index contributed by atoms with van der Waals surface area (Å²) in [5.41, 5.74) is 1.82. The number of hydrogen-bond acceptors (Lipinski definition) is 6. The molecule has 31 heavy (non-hydrogen) atoms. The molecule has 3 heterocycles. The van der Waals surface area contributed by atoms with E-state index >= 15 is 0 Å². The third kappa shape index (κ3) is 4.43. The molecule has 0 atom stereocenters. The van der Waals surface area contributed by atoms with Crippen LogP contribution in [0.2, 0.25) is 5.02 Å². The summed E-state index contributed by atoms with van der Waals surface area (Å²) < 4.78 is 13.8. The van der Waals surface area contributed by atoms with Crippen molar-refractivity contribution >= 4 is 52.5 Å². The fourth-order valence-corrected chi connectivity index (χ4v) is 4.12. The smallest absolute Gasteiger partial charge is 0.172 e. The minimum absolute atomic E-state index is 0. The topological polar surface area (TPSA) is 71.0 Å². The minimum atomic E-state index is -0.559. The fraction of sp³-hybridized carbons (Fsp3) is 0.364. The number of nitrogens with one attached hydrogen (secondary N) is 1. The minimum Gasteiger partial charge on any atom is -0.364 e. The highest BCUT2D eigenvalue weighted by molar-refractivity contribution is 6.34. The second-order valence-electron chi connectivity index (χ2n) is 7.91. The Hall–Kier alpha value is -2.51. The first kappa shape index (κ1) is 21.7. The number of Topliss-reactive ketones (excluding diaryl/α,β-unsaturated/α-hetero) is 1. The van der Waals surface area contributed by atoms with Crippen LogP contribution in [0.5, 0.6) is 0 Å². The lowest BCUT2D eigenvalue weighted by molar-refractivity contribution is 0.0900. The molecule has 1 saturated carbocycles. The van der Waals surface area contributed by atoms with Crippen molar-refractivity contribution in [3.05, 3.63) is 53.1 Å². The van der Waals surface area contributed by atoms with Gasteiger partial charge in [-0.1, -0.05) is 17.7 Å². The molecule has 0 radical (unpaired) electrons. The summed E-state index contributed by atoms with van der Waals surface area (Å²) in [6, 6.07) is 6.70. The van der Waals surface area contributed by atoms with E-state index in [1.54, 1.807) is 18.5 Å². The van der Waals surface area contributed by atoms with Crippen LogP contribution >= 0.6 is 24.0 Å². The molecule has 2 aromatic heterocycles. The molecule has 1 aliphatic carbocycles. The van der Waals surface area contributed by atoms with E-state index in [9.17, 15) is 9.18 Å². The van der Waals surface area contributed by atoms with Crippen LogP contribution < -0.4 is 10.2 Å². The first-order chi connectivity index (χ1) is 14.6. The molecule has 162 valence electrons. The van der Waals surface area contributed by atoms with Gasteiger partial charge in [0.2, 0.25) is 0 Å². The number of rotatable bonds is 5. The third-order valence-electron chi connectivity index (χ3n) is 5.75. The summed E-state index contributed by atoms with van der Waals surface area (Å²) in [5, 5.41) is 3.40. The predicted octanol–water partition coefficient (Wildman–Crippen LogP) is 4.91. The number of hydrogen-bond donors (Lipinski definition) is 1. The lowest BCUT2D eigenvalue weighted by atomic mass is 9.89. The number of ketones is 1. The average Bonchev–Trinajstić information content (AvgIpc) is 3.59. The van der Waals surface area contributed by atoms with Crippen LogP contribution in [0.25, 0.3) is 11.0 Å². The molecule has 6 nitrogen and oxygen atoms in total. The lowest BCUT2D eigenvalue weighted by Crippen LogP contribution is -2.37. The van der Waals surface area contributed by atoms with Gasteiger partial charge in [-0.3, -0.25) is 9.78 Å². The fourth-order valence-electron chi connectivity index (χ4n) is 3.90. The van der Waals surface area contributed by atoms with Gasteiger partial charge in [0, 0.05) is 36.8 Å². The average molecular weight is 462 g/mol. The zero-order valence-electron chi connectivity index (χ0n) is 16.7. The molecule has 0 amide bonds. The predicted molar refractivity (Wildman–Crippen MR) is 122 cm³/mol. The van der Waals surface area contributed by atoms with E-state index in [0.717, 1.165) is 35.5 Å². The van der Waals surface area contributed by atoms with Gasteiger partial charge in [0.05, 0.1) is 16.7 Å². The van der Waals surface area contributed by atoms with E-state index < -0.39 is 5.82 Å². The van der Waals surface area contributed by atoms with Gasteiger partial charge in [0.1, 0.15) is 11.3 Å². The van der Waals surface area contributed by atoms with Crippen molar-refractivity contribution < 1.29 is 9.18 Å². The Morgan fingerprint density at radius 2 is 1.87 bits per heavy atom. The lowest BCUT2D eigenvalue weighted by Gasteiger charge is -2.33. The van der Waals surface area contributed by atoms with Crippen LogP contribution in [0, 0.1) is 11.7 Å². The number of carbonyl (C=O) groups excluding carboxylic acids is 1. The summed E-state index contributed by atoms with van der Waals surface area (Å²) in [5.74, 6) is 0.752. The number of pyridine rings is 1. The molecule has 3 aromatic rings. The number of aromatic nitrogens is 3. The summed E-state index contributed by atoms with van der Waals surface area (Å²) >= 11 is 6.02. The van der Waals surface area contributed by atoms with Gasteiger partial charge < -0.3 is 10.2 Å². The molecule has 0 spiro atoms. The SMILES string of the molecule is Cl.O=C(c1cccc(F)c1Cl)C1CCN(c2nc3cnccc3nc2NC2CC2)CC1. The number of piperidine rings is 1.